The van der Waals surface area contributed by atoms with Gasteiger partial charge in [-0.1, -0.05) is 85.8 Å². The zero-order valence-corrected chi connectivity index (χ0v) is 20.1. The number of carbonyl (C=O) groups is 2. The first-order valence-electron chi connectivity index (χ1n) is 11.6. The Balaban J connectivity index is 0.000000241. The van der Waals surface area contributed by atoms with Crippen molar-refractivity contribution in [1.29, 1.82) is 0 Å². The van der Waals surface area contributed by atoms with E-state index in [2.05, 4.69) is 49.2 Å². The first kappa shape index (κ1) is 25.7. The second-order valence-electron chi connectivity index (χ2n) is 8.39. The SMILES string of the molecule is CCN(C)CCc1ccccc1.O=C(O)/C=C(/C(=O)O)C1(c2ccccc2)COc2ccccc21. The number of ether oxygens (including phenoxy) is 1. The Morgan fingerprint density at radius 3 is 2.14 bits per heavy atom. The summed E-state index contributed by atoms with van der Waals surface area (Å²) >= 11 is 0. The highest BCUT2D eigenvalue weighted by Crippen LogP contribution is 2.48. The molecule has 182 valence electrons. The van der Waals surface area contributed by atoms with Gasteiger partial charge in [-0.2, -0.15) is 0 Å². The number of benzene rings is 3. The van der Waals surface area contributed by atoms with Crippen molar-refractivity contribution >= 4 is 11.9 Å². The number of hydrogen-bond acceptors (Lipinski definition) is 4. The molecule has 0 fully saturated rings. The molecule has 6 nitrogen and oxygen atoms in total. The summed E-state index contributed by atoms with van der Waals surface area (Å²) in [5, 5.41) is 18.8. The number of para-hydroxylation sites is 1. The molecule has 0 spiro atoms. The van der Waals surface area contributed by atoms with Gasteiger partial charge in [-0.3, -0.25) is 0 Å². The smallest absolute Gasteiger partial charge is 0.333 e. The number of carboxylic acids is 2. The normalized spacial score (nSPS) is 16.6. The topological polar surface area (TPSA) is 87.1 Å². The van der Waals surface area contributed by atoms with Crippen LogP contribution >= 0.6 is 0 Å². The monoisotopic (exact) mass is 473 g/mol. The maximum absolute atomic E-state index is 11.8. The molecule has 6 heteroatoms. The fraction of sp³-hybridized carbons (Fsp3) is 0.241. The minimum absolute atomic E-state index is 0.0434. The van der Waals surface area contributed by atoms with Crippen LogP contribution in [0.2, 0.25) is 0 Å². The van der Waals surface area contributed by atoms with E-state index in [1.165, 1.54) is 5.56 Å². The zero-order valence-electron chi connectivity index (χ0n) is 20.1. The van der Waals surface area contributed by atoms with Crippen LogP contribution in [-0.4, -0.2) is 53.8 Å². The van der Waals surface area contributed by atoms with E-state index in [1.54, 1.807) is 48.5 Å². The molecule has 0 saturated carbocycles. The second kappa shape index (κ2) is 12.0. The molecule has 0 saturated heterocycles. The van der Waals surface area contributed by atoms with E-state index in [0.717, 1.165) is 25.6 Å². The highest BCUT2D eigenvalue weighted by atomic mass is 16.5. The number of likely N-dealkylation sites (N-methyl/N-ethyl adjacent to an activating group) is 1. The van der Waals surface area contributed by atoms with Crippen LogP contribution in [0.3, 0.4) is 0 Å². The van der Waals surface area contributed by atoms with E-state index in [0.29, 0.717) is 16.9 Å². The molecule has 1 aliphatic rings. The Hall–Kier alpha value is -3.90. The first-order valence-corrected chi connectivity index (χ1v) is 11.6. The predicted molar refractivity (Wildman–Crippen MR) is 136 cm³/mol. The van der Waals surface area contributed by atoms with Gasteiger partial charge < -0.3 is 19.8 Å². The summed E-state index contributed by atoms with van der Waals surface area (Å²) in [5.74, 6) is -2.02. The molecule has 3 aromatic carbocycles. The molecule has 1 aliphatic heterocycles. The predicted octanol–water partition coefficient (Wildman–Crippen LogP) is 4.64. The van der Waals surface area contributed by atoms with Gasteiger partial charge >= 0.3 is 11.9 Å². The second-order valence-corrected chi connectivity index (χ2v) is 8.39. The largest absolute Gasteiger partial charge is 0.492 e. The lowest BCUT2D eigenvalue weighted by Gasteiger charge is -2.29. The summed E-state index contributed by atoms with van der Waals surface area (Å²) in [5.41, 5.74) is 1.39. The van der Waals surface area contributed by atoms with Gasteiger partial charge in [0.05, 0.1) is 11.0 Å². The molecule has 0 bridgehead atoms. The molecule has 1 atom stereocenters. The van der Waals surface area contributed by atoms with Crippen LogP contribution in [0.4, 0.5) is 0 Å². The third kappa shape index (κ3) is 6.16. The van der Waals surface area contributed by atoms with Gasteiger partial charge in [-0.25, -0.2) is 9.59 Å². The van der Waals surface area contributed by atoms with E-state index in [4.69, 9.17) is 9.84 Å². The van der Waals surface area contributed by atoms with Crippen LogP contribution in [0.15, 0.2) is 96.6 Å². The molecule has 4 rings (SSSR count). The van der Waals surface area contributed by atoms with E-state index >= 15 is 0 Å². The van der Waals surface area contributed by atoms with Crippen LogP contribution in [0, 0.1) is 0 Å². The molecule has 1 heterocycles. The summed E-state index contributed by atoms with van der Waals surface area (Å²) in [6.07, 6.45) is 1.91. The standard InChI is InChI=1S/C18H14O5.C11H17N/c19-16(20)10-14(17(21)22)18(12-6-2-1-3-7-12)11-23-15-9-5-4-8-13(15)18;1-3-12(2)10-9-11-7-5-4-6-8-11/h1-10H,11H2,(H,19,20)(H,21,22);4-8H,3,9-10H2,1-2H3/b14-10-;. The lowest BCUT2D eigenvalue weighted by atomic mass is 9.70. The summed E-state index contributed by atoms with van der Waals surface area (Å²) in [6.45, 7) is 4.51. The Morgan fingerprint density at radius 1 is 0.943 bits per heavy atom. The highest BCUT2D eigenvalue weighted by molar-refractivity contribution is 5.98. The summed E-state index contributed by atoms with van der Waals surface area (Å²) in [4.78, 5) is 25.3. The Bertz CT molecular complexity index is 1160. The van der Waals surface area contributed by atoms with Crippen molar-refractivity contribution in [3.8, 4) is 5.75 Å². The van der Waals surface area contributed by atoms with Gasteiger partial charge in [0.15, 0.2) is 0 Å². The fourth-order valence-electron chi connectivity index (χ4n) is 4.16. The van der Waals surface area contributed by atoms with Gasteiger partial charge in [0.25, 0.3) is 0 Å². The van der Waals surface area contributed by atoms with E-state index in [1.807, 2.05) is 6.07 Å². The number of carboxylic acid groups (broad SMARTS) is 2. The fourth-order valence-corrected chi connectivity index (χ4v) is 4.16. The Morgan fingerprint density at radius 2 is 1.54 bits per heavy atom. The highest BCUT2D eigenvalue weighted by Gasteiger charge is 2.48. The molecule has 0 radical (unpaired) electrons. The average molecular weight is 474 g/mol. The van der Waals surface area contributed by atoms with Gasteiger partial charge in [0, 0.05) is 18.2 Å². The van der Waals surface area contributed by atoms with E-state index in [9.17, 15) is 14.7 Å². The molecular formula is C29H31NO5. The number of fused-ring (bicyclic) bond motifs is 1. The Labute approximate surface area is 206 Å². The van der Waals surface area contributed by atoms with Gasteiger partial charge in [0.2, 0.25) is 0 Å². The minimum Gasteiger partial charge on any atom is -0.492 e. The average Bonchev–Trinajstić information content (AvgIpc) is 3.27. The lowest BCUT2D eigenvalue weighted by Crippen LogP contribution is -2.36. The maximum atomic E-state index is 11.8. The number of aliphatic carboxylic acids is 2. The van der Waals surface area contributed by atoms with E-state index < -0.39 is 17.4 Å². The van der Waals surface area contributed by atoms with Crippen molar-refractivity contribution in [1.82, 2.24) is 4.90 Å². The van der Waals surface area contributed by atoms with Crippen molar-refractivity contribution in [2.45, 2.75) is 18.8 Å². The molecule has 3 aromatic rings. The van der Waals surface area contributed by atoms with Crippen LogP contribution in [-0.2, 0) is 21.4 Å². The summed E-state index contributed by atoms with van der Waals surface area (Å²) in [7, 11) is 2.16. The third-order valence-corrected chi connectivity index (χ3v) is 6.18. The van der Waals surface area contributed by atoms with Crippen molar-refractivity contribution in [2.75, 3.05) is 26.7 Å². The van der Waals surface area contributed by atoms with Gasteiger partial charge in [-0.05, 0) is 37.2 Å². The summed E-state index contributed by atoms with van der Waals surface area (Å²) < 4.78 is 5.68. The molecule has 0 aromatic heterocycles. The minimum atomic E-state index is -1.30. The maximum Gasteiger partial charge on any atom is 0.333 e. The quantitative estimate of drug-likeness (QED) is 0.464. The van der Waals surface area contributed by atoms with Crippen molar-refractivity contribution in [3.63, 3.8) is 0 Å². The lowest BCUT2D eigenvalue weighted by molar-refractivity contribution is -0.135. The molecule has 35 heavy (non-hydrogen) atoms. The van der Waals surface area contributed by atoms with Crippen LogP contribution in [0.25, 0.3) is 0 Å². The van der Waals surface area contributed by atoms with Crippen molar-refractivity contribution in [3.05, 3.63) is 113 Å². The summed E-state index contributed by atoms with van der Waals surface area (Å²) in [6, 6.07) is 26.7. The molecule has 0 aliphatic carbocycles. The molecule has 0 amide bonds. The molecule has 1 unspecified atom stereocenters. The van der Waals surface area contributed by atoms with Gasteiger partial charge in [-0.15, -0.1) is 0 Å². The van der Waals surface area contributed by atoms with Crippen LogP contribution in [0.5, 0.6) is 5.75 Å². The Kier molecular flexibility index (Phi) is 8.81. The van der Waals surface area contributed by atoms with Crippen molar-refractivity contribution in [2.24, 2.45) is 0 Å². The molecular weight excluding hydrogens is 442 g/mol. The van der Waals surface area contributed by atoms with E-state index in [-0.39, 0.29) is 12.2 Å². The number of nitrogens with zero attached hydrogens (tertiary/aromatic N) is 1. The van der Waals surface area contributed by atoms with Crippen LogP contribution in [0.1, 0.15) is 23.6 Å². The number of hydrogen-bond donors (Lipinski definition) is 2. The number of rotatable bonds is 8. The van der Waals surface area contributed by atoms with Gasteiger partial charge in [0.1, 0.15) is 12.4 Å². The zero-order chi connectivity index (χ0) is 25.3. The van der Waals surface area contributed by atoms with Crippen molar-refractivity contribution < 1.29 is 24.5 Å². The first-order chi connectivity index (χ1) is 16.9. The third-order valence-electron chi connectivity index (χ3n) is 6.18. The van der Waals surface area contributed by atoms with Crippen LogP contribution < -0.4 is 4.74 Å². The molecule has 2 N–H and O–H groups in total.